The van der Waals surface area contributed by atoms with Gasteiger partial charge in [0, 0.05) is 30.6 Å². The Labute approximate surface area is 317 Å². The van der Waals surface area contributed by atoms with E-state index in [-0.39, 0.29) is 31.5 Å². The van der Waals surface area contributed by atoms with Crippen molar-refractivity contribution in [3.63, 3.8) is 0 Å². The summed E-state index contributed by atoms with van der Waals surface area (Å²) in [6.07, 6.45) is -6.76. The van der Waals surface area contributed by atoms with Gasteiger partial charge < -0.3 is 39.5 Å². The number of aliphatic hydroxyl groups is 2. The molecule has 1 aliphatic rings. The number of hydrogen-bond acceptors (Lipinski definition) is 12. The molecule has 1 aromatic heterocycles. The van der Waals surface area contributed by atoms with Crippen molar-refractivity contribution in [2.45, 2.75) is 63.9 Å². The molecule has 2 heterocycles. The third kappa shape index (κ3) is 11.0. The second kappa shape index (κ2) is 19.0. The summed E-state index contributed by atoms with van der Waals surface area (Å²) in [4.78, 5) is 27.9. The zero-order valence-electron chi connectivity index (χ0n) is 30.0. The fraction of sp³-hybridized carbons (Fsp3) is 0.300. The lowest BCUT2D eigenvalue weighted by atomic mass is 9.99. The Morgan fingerprint density at radius 1 is 0.836 bits per heavy atom. The van der Waals surface area contributed by atoms with E-state index in [1.807, 2.05) is 24.4 Å². The summed E-state index contributed by atoms with van der Waals surface area (Å²) in [5.41, 5.74) is 3.69. The molecule has 14 nitrogen and oxygen atoms in total. The van der Waals surface area contributed by atoms with Crippen LogP contribution in [-0.4, -0.2) is 71.1 Å². The predicted molar refractivity (Wildman–Crippen MR) is 200 cm³/mol. The van der Waals surface area contributed by atoms with Gasteiger partial charge in [-0.3, -0.25) is 18.4 Å². The number of phosphoric ester groups is 1. The van der Waals surface area contributed by atoms with Crippen molar-refractivity contribution in [3.8, 4) is 5.75 Å². The molecule has 1 aliphatic heterocycles. The first-order chi connectivity index (χ1) is 26.7. The Morgan fingerprint density at radius 3 is 2.02 bits per heavy atom. The molecule has 55 heavy (non-hydrogen) atoms. The van der Waals surface area contributed by atoms with Crippen molar-refractivity contribution in [1.29, 1.82) is 0 Å². The van der Waals surface area contributed by atoms with Crippen LogP contribution in [0, 0.1) is 0 Å². The van der Waals surface area contributed by atoms with Gasteiger partial charge in [0.25, 0.3) is 0 Å². The van der Waals surface area contributed by atoms with E-state index in [1.165, 1.54) is 6.92 Å². The van der Waals surface area contributed by atoms with Gasteiger partial charge in [0.15, 0.2) is 6.10 Å². The maximum Gasteiger partial charge on any atom is 0.509 e. The fourth-order valence-electron chi connectivity index (χ4n) is 5.89. The fourth-order valence-corrected chi connectivity index (χ4v) is 7.24. The van der Waals surface area contributed by atoms with Gasteiger partial charge in [-0.25, -0.2) is 9.36 Å². The van der Waals surface area contributed by atoms with Gasteiger partial charge in [0.05, 0.1) is 19.8 Å². The van der Waals surface area contributed by atoms with E-state index in [9.17, 15) is 24.4 Å². The summed E-state index contributed by atoms with van der Waals surface area (Å²) in [6, 6.07) is 31.9. The van der Waals surface area contributed by atoms with Crippen molar-refractivity contribution in [2.75, 3.05) is 13.2 Å². The van der Waals surface area contributed by atoms with Crippen LogP contribution in [0.25, 0.3) is 10.9 Å². The quantitative estimate of drug-likeness (QED) is 0.0644. The molecule has 4 N–H and O–H groups in total. The number of fused-ring (bicyclic) bond motifs is 1. The summed E-state index contributed by atoms with van der Waals surface area (Å²) in [7, 11) is -4.61. The number of phosphoric acid groups is 1. The first-order valence-electron chi connectivity index (χ1n) is 17.7. The Bertz CT molecular complexity index is 1980. The van der Waals surface area contributed by atoms with E-state index in [4.69, 9.17) is 32.5 Å². The second-order valence-electron chi connectivity index (χ2n) is 12.7. The molecule has 5 aromatic rings. The van der Waals surface area contributed by atoms with Gasteiger partial charge in [0.2, 0.25) is 12.2 Å². The number of benzene rings is 4. The van der Waals surface area contributed by atoms with Gasteiger partial charge in [-0.1, -0.05) is 91.0 Å². The first kappa shape index (κ1) is 39.6. The maximum absolute atomic E-state index is 14.5. The summed E-state index contributed by atoms with van der Waals surface area (Å²) < 4.78 is 55.7. The van der Waals surface area contributed by atoms with Gasteiger partial charge in [-0.05, 0) is 46.9 Å². The molecule has 0 bridgehead atoms. The number of nitrogens with one attached hydrogen (secondary N) is 2. The Morgan fingerprint density at radius 2 is 1.44 bits per heavy atom. The highest BCUT2D eigenvalue weighted by atomic mass is 31.2. The summed E-state index contributed by atoms with van der Waals surface area (Å²) >= 11 is 0. The van der Waals surface area contributed by atoms with Crippen LogP contribution in [-0.2, 0) is 63.4 Å². The van der Waals surface area contributed by atoms with E-state index in [1.54, 1.807) is 91.0 Å². The number of carbonyl (C=O) groups excluding carboxylic acids is 2. The van der Waals surface area contributed by atoms with Gasteiger partial charge in [-0.2, -0.15) is 0 Å². The van der Waals surface area contributed by atoms with Crippen LogP contribution >= 0.6 is 7.82 Å². The predicted octanol–water partition coefficient (Wildman–Crippen LogP) is 5.95. The molecule has 6 rings (SSSR count). The molecule has 0 spiro atoms. The van der Waals surface area contributed by atoms with Gasteiger partial charge >= 0.3 is 14.0 Å². The van der Waals surface area contributed by atoms with Crippen molar-refractivity contribution in [2.24, 2.45) is 0 Å². The minimum atomic E-state index is -4.61. The average molecular weight is 775 g/mol. The third-order valence-electron chi connectivity index (χ3n) is 8.70. The van der Waals surface area contributed by atoms with E-state index in [0.717, 1.165) is 16.5 Å². The highest BCUT2D eigenvalue weighted by Crippen LogP contribution is 2.54. The van der Waals surface area contributed by atoms with Crippen molar-refractivity contribution in [1.82, 2.24) is 10.3 Å². The summed E-state index contributed by atoms with van der Waals surface area (Å²) in [6.45, 7) is 0.613. The number of aliphatic hydroxyl groups excluding tert-OH is 2. The normalized spacial score (nSPS) is 19.8. The molecule has 0 aliphatic carbocycles. The van der Waals surface area contributed by atoms with E-state index < -0.39 is 51.3 Å². The Kier molecular flexibility index (Phi) is 13.7. The van der Waals surface area contributed by atoms with Gasteiger partial charge in [0.1, 0.15) is 30.7 Å². The number of amides is 1. The highest BCUT2D eigenvalue weighted by molar-refractivity contribution is 7.48. The lowest BCUT2D eigenvalue weighted by molar-refractivity contribution is -0.276. The number of aromatic nitrogens is 1. The highest BCUT2D eigenvalue weighted by Gasteiger charge is 2.53. The summed E-state index contributed by atoms with van der Waals surface area (Å²) in [5.74, 6) is 0.115. The van der Waals surface area contributed by atoms with Crippen molar-refractivity contribution >= 4 is 30.8 Å². The Balaban J connectivity index is 1.30. The minimum absolute atomic E-state index is 0.142. The largest absolute Gasteiger partial charge is 0.509 e. The zero-order chi connectivity index (χ0) is 38.6. The van der Waals surface area contributed by atoms with Crippen LogP contribution in [0.1, 0.15) is 29.2 Å². The Hall–Kier alpha value is -5.05. The standard InChI is InChI=1S/C40H43N2O12P/c1-27(44)41-20-19-31-22-42-34-18-17-32(21-33(31)34)51-39-38(53-40(46)48-24-28-11-5-2-6-12-28)37(36(45)35(23-43)52-39)54-55(47,49-25-29-13-7-3-8-14-29)50-26-30-15-9-4-10-16-30/h2-18,21-22,35-39,42-43,45H,19-20,23-26H2,1H3,(H,41,44)/t35-,36-,37+,38-,39-/m1/s1. The third-order valence-corrected chi connectivity index (χ3v) is 10.1. The summed E-state index contributed by atoms with van der Waals surface area (Å²) in [5, 5.41) is 25.4. The number of ether oxygens (including phenoxy) is 4. The van der Waals surface area contributed by atoms with Crippen molar-refractivity contribution < 1.29 is 56.9 Å². The number of H-pyrrole nitrogens is 1. The van der Waals surface area contributed by atoms with Crippen molar-refractivity contribution in [3.05, 3.63) is 138 Å². The molecular formula is C40H43N2O12P. The molecule has 0 unspecified atom stereocenters. The molecule has 0 radical (unpaired) electrons. The molecule has 290 valence electrons. The number of rotatable bonds is 17. The lowest BCUT2D eigenvalue weighted by Crippen LogP contribution is -2.62. The average Bonchev–Trinajstić information content (AvgIpc) is 3.61. The van der Waals surface area contributed by atoms with E-state index in [0.29, 0.717) is 29.7 Å². The van der Waals surface area contributed by atoms with Crippen LogP contribution in [0.2, 0.25) is 0 Å². The smallest absolute Gasteiger partial charge is 0.461 e. The van der Waals surface area contributed by atoms with E-state index in [2.05, 4.69) is 10.3 Å². The molecule has 1 fully saturated rings. The van der Waals surface area contributed by atoms with Crippen LogP contribution in [0.4, 0.5) is 4.79 Å². The van der Waals surface area contributed by atoms with Crippen LogP contribution in [0.5, 0.6) is 5.75 Å². The molecule has 1 saturated heterocycles. The lowest BCUT2D eigenvalue weighted by Gasteiger charge is -2.43. The van der Waals surface area contributed by atoms with Crippen LogP contribution in [0.3, 0.4) is 0 Å². The molecule has 1 amide bonds. The molecule has 15 heteroatoms. The first-order valence-corrected chi connectivity index (χ1v) is 19.1. The number of carbonyl (C=O) groups is 2. The number of hydrogen-bond donors (Lipinski definition) is 4. The second-order valence-corrected chi connectivity index (χ2v) is 14.4. The molecule has 0 saturated carbocycles. The van der Waals surface area contributed by atoms with Crippen LogP contribution in [0.15, 0.2) is 115 Å². The molecule has 5 atom stereocenters. The monoisotopic (exact) mass is 774 g/mol. The topological polar surface area (TPSA) is 184 Å². The SMILES string of the molecule is CC(=O)NCCc1c[nH]c2ccc(O[C@@H]3O[C@H](CO)[C@@H](O)[C@H](OP(=O)(OCc4ccccc4)OCc4ccccc4)[C@H]3OC(=O)OCc3ccccc3)cc12. The van der Waals surface area contributed by atoms with Crippen LogP contribution < -0.4 is 10.1 Å². The number of aromatic amines is 1. The molecule has 4 aromatic carbocycles. The van der Waals surface area contributed by atoms with E-state index >= 15 is 0 Å². The maximum atomic E-state index is 14.5. The zero-order valence-corrected chi connectivity index (χ0v) is 30.9. The minimum Gasteiger partial charge on any atom is -0.461 e. The van der Waals surface area contributed by atoms with Gasteiger partial charge in [-0.15, -0.1) is 0 Å². The molecular weight excluding hydrogens is 731 g/mol.